The molecule has 0 bridgehead atoms. The van der Waals surface area contributed by atoms with Crippen LogP contribution in [0.5, 0.6) is 0 Å². The van der Waals surface area contributed by atoms with Crippen molar-refractivity contribution in [3.63, 3.8) is 0 Å². The van der Waals surface area contributed by atoms with Gasteiger partial charge in [0.05, 0.1) is 17.4 Å². The molecule has 1 aromatic carbocycles. The second-order valence-corrected chi connectivity index (χ2v) is 11.0. The number of β-lactam (4-membered cyclic amide) rings is 1. The minimum Gasteiger partial charge on any atom is -0.548 e. The van der Waals surface area contributed by atoms with Gasteiger partial charge in [-0.15, -0.1) is 11.8 Å². The molecule has 0 spiro atoms. The van der Waals surface area contributed by atoms with Crippen LogP contribution in [0.1, 0.15) is 45.1 Å². The minimum absolute atomic E-state index is 0. The van der Waals surface area contributed by atoms with Crippen LogP contribution in [-0.2, 0) is 19.8 Å². The molecule has 1 saturated carbocycles. The number of aliphatic carboxylic acids is 1. The molecule has 1 aliphatic carbocycles. The molecule has 3 aliphatic rings. The molecule has 0 aromatic heterocycles. The predicted octanol–water partition coefficient (Wildman–Crippen LogP) is -1.44. The third kappa shape index (κ3) is 3.69. The number of amides is 2. The first-order chi connectivity index (χ1) is 13.2. The fourth-order valence-electron chi connectivity index (χ4n) is 4.82. The van der Waals surface area contributed by atoms with Crippen LogP contribution >= 0.6 is 27.7 Å². The SMILES string of the molecule is CC1(C)SC2C(NC(=O)C3(c4cccc(Br)c4)CCCC3)C(=O)N2C1C(=O)[O-].[Na+]. The van der Waals surface area contributed by atoms with Crippen molar-refractivity contribution in [3.8, 4) is 0 Å². The fourth-order valence-corrected chi connectivity index (χ4v) is 6.84. The van der Waals surface area contributed by atoms with Crippen LogP contribution in [0.3, 0.4) is 0 Å². The quantitative estimate of drug-likeness (QED) is 0.414. The van der Waals surface area contributed by atoms with Crippen molar-refractivity contribution in [1.82, 2.24) is 10.2 Å². The molecule has 4 rings (SSSR count). The van der Waals surface area contributed by atoms with Gasteiger partial charge in [-0.05, 0) is 44.4 Å². The van der Waals surface area contributed by atoms with Crippen molar-refractivity contribution in [3.05, 3.63) is 34.3 Å². The molecule has 2 heterocycles. The second-order valence-electron chi connectivity index (χ2n) is 8.33. The summed E-state index contributed by atoms with van der Waals surface area (Å²) in [5.41, 5.74) is 0.310. The van der Waals surface area contributed by atoms with E-state index in [1.54, 1.807) is 13.8 Å². The topological polar surface area (TPSA) is 89.5 Å². The number of carbonyl (C=O) groups excluding carboxylic acids is 3. The van der Waals surface area contributed by atoms with E-state index in [9.17, 15) is 19.5 Å². The molecule has 9 heteroatoms. The van der Waals surface area contributed by atoms with Crippen molar-refractivity contribution in [2.24, 2.45) is 0 Å². The summed E-state index contributed by atoms with van der Waals surface area (Å²) in [7, 11) is 0. The molecule has 1 N–H and O–H groups in total. The summed E-state index contributed by atoms with van der Waals surface area (Å²) >= 11 is 4.89. The van der Waals surface area contributed by atoms with E-state index in [0.29, 0.717) is 0 Å². The molecule has 150 valence electrons. The molecule has 6 nitrogen and oxygen atoms in total. The Bertz CT molecular complexity index is 859. The summed E-state index contributed by atoms with van der Waals surface area (Å²) in [6, 6.07) is 6.11. The van der Waals surface area contributed by atoms with Crippen molar-refractivity contribution in [2.75, 3.05) is 0 Å². The predicted molar refractivity (Wildman–Crippen MR) is 107 cm³/mol. The number of nitrogens with zero attached hydrogens (tertiary/aromatic N) is 1. The Morgan fingerprint density at radius 1 is 1.28 bits per heavy atom. The molecule has 2 saturated heterocycles. The standard InChI is InChI=1S/C20H23BrN2O4S.Na/c1-19(2)14(17(25)26)23-15(24)13(16(23)28-19)22-18(27)20(8-3-4-9-20)11-6-5-7-12(21)10-11;/h5-7,10,13-14,16H,3-4,8-9H2,1-2H3,(H,22,27)(H,25,26);/q;+1/p-1. The van der Waals surface area contributed by atoms with Crippen molar-refractivity contribution < 1.29 is 49.0 Å². The van der Waals surface area contributed by atoms with Gasteiger partial charge in [0.15, 0.2) is 0 Å². The van der Waals surface area contributed by atoms with Crippen LogP contribution in [0.4, 0.5) is 0 Å². The molecule has 2 amide bonds. The minimum atomic E-state index is -1.25. The van der Waals surface area contributed by atoms with Crippen molar-refractivity contribution in [2.45, 2.75) is 67.2 Å². The Morgan fingerprint density at radius 3 is 2.52 bits per heavy atom. The Hall–Kier alpha value is -0.540. The summed E-state index contributed by atoms with van der Waals surface area (Å²) in [6.07, 6.45) is 3.40. The van der Waals surface area contributed by atoms with Gasteiger partial charge in [0, 0.05) is 9.22 Å². The number of carboxylic acids is 1. The van der Waals surface area contributed by atoms with Crippen LogP contribution in [0.15, 0.2) is 28.7 Å². The number of carboxylic acid groups (broad SMARTS) is 1. The van der Waals surface area contributed by atoms with Gasteiger partial charge in [0.1, 0.15) is 11.4 Å². The first-order valence-corrected chi connectivity index (χ1v) is 11.1. The Kier molecular flexibility index (Phi) is 6.53. The van der Waals surface area contributed by atoms with Crippen LogP contribution in [0.25, 0.3) is 0 Å². The normalized spacial score (nSPS) is 28.9. The van der Waals surface area contributed by atoms with Crippen molar-refractivity contribution >= 4 is 45.5 Å². The van der Waals surface area contributed by atoms with Crippen LogP contribution in [0, 0.1) is 0 Å². The molecule has 1 aromatic rings. The van der Waals surface area contributed by atoms with Gasteiger partial charge < -0.3 is 20.1 Å². The van der Waals surface area contributed by atoms with Gasteiger partial charge in [-0.1, -0.05) is 40.9 Å². The van der Waals surface area contributed by atoms with E-state index in [2.05, 4.69) is 21.2 Å². The maximum Gasteiger partial charge on any atom is 1.00 e. The number of hydrogen-bond acceptors (Lipinski definition) is 5. The first-order valence-electron chi connectivity index (χ1n) is 9.45. The van der Waals surface area contributed by atoms with E-state index in [4.69, 9.17) is 0 Å². The number of fused-ring (bicyclic) bond motifs is 1. The maximum atomic E-state index is 13.4. The first kappa shape index (κ1) is 23.1. The summed E-state index contributed by atoms with van der Waals surface area (Å²) < 4.78 is 0.258. The molecule has 0 radical (unpaired) electrons. The van der Waals surface area contributed by atoms with Gasteiger partial charge >= 0.3 is 29.6 Å². The second kappa shape index (κ2) is 8.19. The van der Waals surface area contributed by atoms with Gasteiger partial charge in [-0.2, -0.15) is 0 Å². The smallest absolute Gasteiger partial charge is 0.548 e. The van der Waals surface area contributed by atoms with E-state index in [0.717, 1.165) is 35.7 Å². The number of halogens is 1. The number of rotatable bonds is 4. The zero-order valence-electron chi connectivity index (χ0n) is 16.7. The molecule has 3 unspecified atom stereocenters. The molecule has 2 aliphatic heterocycles. The summed E-state index contributed by atoms with van der Waals surface area (Å²) in [6.45, 7) is 3.59. The van der Waals surface area contributed by atoms with Crippen LogP contribution in [-0.4, -0.2) is 44.9 Å². The van der Waals surface area contributed by atoms with Gasteiger partial charge in [-0.3, -0.25) is 9.59 Å². The number of thioether (sulfide) groups is 1. The Labute approximate surface area is 205 Å². The number of benzene rings is 1. The Morgan fingerprint density at radius 2 is 1.93 bits per heavy atom. The van der Waals surface area contributed by atoms with Gasteiger partial charge in [0.25, 0.3) is 0 Å². The van der Waals surface area contributed by atoms with Gasteiger partial charge in [-0.25, -0.2) is 0 Å². The summed E-state index contributed by atoms with van der Waals surface area (Å²) in [5.74, 6) is -1.73. The number of nitrogens with one attached hydrogen (secondary N) is 1. The summed E-state index contributed by atoms with van der Waals surface area (Å²) in [4.78, 5) is 38.9. The van der Waals surface area contributed by atoms with E-state index in [-0.39, 0.29) is 46.7 Å². The van der Waals surface area contributed by atoms with Crippen LogP contribution in [0.2, 0.25) is 0 Å². The average Bonchev–Trinajstić information content (AvgIpc) is 3.21. The maximum absolute atomic E-state index is 13.4. The van der Waals surface area contributed by atoms with E-state index >= 15 is 0 Å². The number of hydrogen-bond donors (Lipinski definition) is 1. The van der Waals surface area contributed by atoms with Gasteiger partial charge in [0.2, 0.25) is 11.8 Å². The zero-order valence-corrected chi connectivity index (χ0v) is 21.1. The van der Waals surface area contributed by atoms with E-state index in [1.165, 1.54) is 16.7 Å². The zero-order chi connectivity index (χ0) is 20.3. The van der Waals surface area contributed by atoms with Crippen LogP contribution < -0.4 is 40.0 Å². The molecule has 3 atom stereocenters. The molecule has 3 fully saturated rings. The fraction of sp³-hybridized carbons (Fsp3) is 0.550. The van der Waals surface area contributed by atoms with Crippen molar-refractivity contribution in [1.29, 1.82) is 0 Å². The number of carbonyl (C=O) groups is 3. The summed E-state index contributed by atoms with van der Waals surface area (Å²) in [5, 5.41) is 14.1. The molecular formula is C20H22BrN2NaO4S. The molecule has 29 heavy (non-hydrogen) atoms. The average molecular weight is 489 g/mol. The molecular weight excluding hydrogens is 467 g/mol. The monoisotopic (exact) mass is 488 g/mol. The Balaban J connectivity index is 0.00000240. The van der Waals surface area contributed by atoms with E-state index < -0.39 is 28.2 Å². The third-order valence-corrected chi connectivity index (χ3v) is 8.28. The largest absolute Gasteiger partial charge is 1.00 e. The third-order valence-electron chi connectivity index (χ3n) is 6.22. The van der Waals surface area contributed by atoms with E-state index in [1.807, 2.05) is 24.3 Å².